The topological polar surface area (TPSA) is 59.5 Å². The van der Waals surface area contributed by atoms with E-state index in [1.807, 2.05) is 55.5 Å². The molecule has 0 radical (unpaired) electrons. The molecule has 142 valence electrons. The normalized spacial score (nSPS) is 14.4. The third-order valence-electron chi connectivity index (χ3n) is 5.07. The number of aromatic nitrogens is 1. The van der Waals surface area contributed by atoms with Gasteiger partial charge >= 0.3 is 5.97 Å². The maximum absolute atomic E-state index is 13.0. The van der Waals surface area contributed by atoms with Crippen molar-refractivity contribution in [2.75, 3.05) is 11.4 Å². The number of carbonyl (C=O) groups excluding carboxylic acids is 2. The van der Waals surface area contributed by atoms with E-state index in [4.69, 9.17) is 4.74 Å². The molecule has 1 atom stereocenters. The number of pyridine rings is 1. The van der Waals surface area contributed by atoms with E-state index >= 15 is 0 Å². The molecule has 0 N–H and O–H groups in total. The summed E-state index contributed by atoms with van der Waals surface area (Å²) in [5.74, 6) is -0.705. The van der Waals surface area contributed by atoms with Crippen molar-refractivity contribution in [3.05, 3.63) is 71.4 Å². The molecule has 0 fully saturated rings. The van der Waals surface area contributed by atoms with E-state index in [1.165, 1.54) is 0 Å². The highest BCUT2D eigenvalue weighted by Gasteiger charge is 2.29. The smallest absolute Gasteiger partial charge is 0.339 e. The number of hydrogen-bond donors (Lipinski definition) is 0. The second-order valence-corrected chi connectivity index (χ2v) is 7.10. The van der Waals surface area contributed by atoms with Crippen molar-refractivity contribution < 1.29 is 14.3 Å². The lowest BCUT2D eigenvalue weighted by molar-refractivity contribution is -0.126. The Hall–Kier alpha value is -3.21. The Balaban J connectivity index is 1.57. The van der Waals surface area contributed by atoms with E-state index in [0.29, 0.717) is 12.1 Å². The number of nitrogens with zero attached hydrogens (tertiary/aromatic N) is 2. The predicted octanol–water partition coefficient (Wildman–Crippen LogP) is 4.07. The van der Waals surface area contributed by atoms with Crippen LogP contribution >= 0.6 is 0 Å². The molecule has 5 nitrogen and oxygen atoms in total. The highest BCUT2D eigenvalue weighted by Crippen LogP contribution is 2.28. The monoisotopic (exact) mass is 374 g/mol. The Labute approximate surface area is 163 Å². The first-order valence-electron chi connectivity index (χ1n) is 9.51. The first-order chi connectivity index (χ1) is 13.5. The van der Waals surface area contributed by atoms with Crippen molar-refractivity contribution in [3.8, 4) is 0 Å². The summed E-state index contributed by atoms with van der Waals surface area (Å²) >= 11 is 0. The Kier molecular flexibility index (Phi) is 4.82. The SMILES string of the molecule is Cc1cc(C(=O)OC(C)C(=O)N2CCCc3ccccc32)c2ccccc2n1. The van der Waals surface area contributed by atoms with Crippen molar-refractivity contribution in [2.45, 2.75) is 32.8 Å². The van der Waals surface area contributed by atoms with Gasteiger partial charge in [-0.1, -0.05) is 36.4 Å². The van der Waals surface area contributed by atoms with Crippen LogP contribution < -0.4 is 4.90 Å². The van der Waals surface area contributed by atoms with Gasteiger partial charge in [0.1, 0.15) is 0 Å². The van der Waals surface area contributed by atoms with Gasteiger partial charge in [0, 0.05) is 23.3 Å². The maximum atomic E-state index is 13.0. The second kappa shape index (κ2) is 7.43. The molecule has 0 saturated carbocycles. The predicted molar refractivity (Wildman–Crippen MR) is 108 cm³/mol. The number of amides is 1. The number of aryl methyl sites for hydroxylation is 2. The molecule has 0 aliphatic carbocycles. The van der Waals surface area contributed by atoms with Crippen LogP contribution in [-0.2, 0) is 16.0 Å². The van der Waals surface area contributed by atoms with Crippen LogP contribution in [0.2, 0.25) is 0 Å². The molecule has 1 aliphatic rings. The Morgan fingerprint density at radius 3 is 2.71 bits per heavy atom. The van der Waals surface area contributed by atoms with Gasteiger partial charge in [-0.05, 0) is 50.5 Å². The van der Waals surface area contributed by atoms with Gasteiger partial charge in [0.15, 0.2) is 6.10 Å². The minimum Gasteiger partial charge on any atom is -0.449 e. The number of benzene rings is 2. The molecular formula is C23H22N2O3. The lowest BCUT2D eigenvalue weighted by Crippen LogP contribution is -2.42. The number of carbonyl (C=O) groups is 2. The molecule has 1 aromatic heterocycles. The van der Waals surface area contributed by atoms with E-state index in [2.05, 4.69) is 4.98 Å². The zero-order chi connectivity index (χ0) is 19.7. The van der Waals surface area contributed by atoms with Crippen LogP contribution in [0.25, 0.3) is 10.9 Å². The average molecular weight is 374 g/mol. The molecule has 0 spiro atoms. The van der Waals surface area contributed by atoms with E-state index in [1.54, 1.807) is 17.9 Å². The van der Waals surface area contributed by atoms with Gasteiger partial charge in [-0.2, -0.15) is 0 Å². The quantitative estimate of drug-likeness (QED) is 0.649. The molecule has 0 bridgehead atoms. The molecule has 28 heavy (non-hydrogen) atoms. The van der Waals surface area contributed by atoms with E-state index < -0.39 is 12.1 Å². The van der Waals surface area contributed by atoms with Crippen LogP contribution in [0.1, 0.15) is 35.0 Å². The summed E-state index contributed by atoms with van der Waals surface area (Å²) in [5.41, 5.74) is 3.96. The molecule has 3 aromatic rings. The van der Waals surface area contributed by atoms with Crippen LogP contribution in [0.4, 0.5) is 5.69 Å². The third-order valence-corrected chi connectivity index (χ3v) is 5.07. The number of rotatable bonds is 3. The molecule has 1 unspecified atom stereocenters. The highest BCUT2D eigenvalue weighted by molar-refractivity contribution is 6.05. The maximum Gasteiger partial charge on any atom is 0.339 e. The number of anilines is 1. The number of ether oxygens (including phenoxy) is 1. The van der Waals surface area contributed by atoms with Gasteiger partial charge in [-0.3, -0.25) is 9.78 Å². The largest absolute Gasteiger partial charge is 0.449 e. The summed E-state index contributed by atoms with van der Waals surface area (Å²) in [6.07, 6.45) is 0.986. The molecule has 2 heterocycles. The van der Waals surface area contributed by atoms with Crippen molar-refractivity contribution in [3.63, 3.8) is 0 Å². The van der Waals surface area contributed by atoms with Crippen LogP contribution in [0, 0.1) is 6.92 Å². The molecule has 4 rings (SSSR count). The van der Waals surface area contributed by atoms with Crippen LogP contribution in [0.5, 0.6) is 0 Å². The van der Waals surface area contributed by atoms with Gasteiger partial charge in [0.2, 0.25) is 0 Å². The number of esters is 1. The first-order valence-corrected chi connectivity index (χ1v) is 9.51. The number of fused-ring (bicyclic) bond motifs is 2. The fraction of sp³-hybridized carbons (Fsp3) is 0.261. The van der Waals surface area contributed by atoms with Gasteiger partial charge in [-0.25, -0.2) is 4.79 Å². The Morgan fingerprint density at radius 2 is 1.86 bits per heavy atom. The fourth-order valence-corrected chi connectivity index (χ4v) is 3.73. The van der Waals surface area contributed by atoms with Gasteiger partial charge in [-0.15, -0.1) is 0 Å². The minimum atomic E-state index is -0.870. The van der Waals surface area contributed by atoms with Gasteiger partial charge in [0.25, 0.3) is 5.91 Å². The zero-order valence-corrected chi connectivity index (χ0v) is 16.0. The minimum absolute atomic E-state index is 0.199. The molecule has 0 saturated heterocycles. The summed E-state index contributed by atoms with van der Waals surface area (Å²) in [5, 5.41) is 0.723. The summed E-state index contributed by atoms with van der Waals surface area (Å²) in [4.78, 5) is 32.0. The number of para-hydroxylation sites is 2. The van der Waals surface area contributed by atoms with Crippen molar-refractivity contribution >= 4 is 28.5 Å². The molecule has 5 heteroatoms. The lowest BCUT2D eigenvalue weighted by Gasteiger charge is -2.31. The molecule has 2 aromatic carbocycles. The lowest BCUT2D eigenvalue weighted by atomic mass is 10.0. The zero-order valence-electron chi connectivity index (χ0n) is 16.0. The summed E-state index contributed by atoms with van der Waals surface area (Å²) in [7, 11) is 0. The van der Waals surface area contributed by atoms with Crippen LogP contribution in [0.3, 0.4) is 0 Å². The number of hydrogen-bond acceptors (Lipinski definition) is 4. The fourth-order valence-electron chi connectivity index (χ4n) is 3.73. The van der Waals surface area contributed by atoms with Crippen molar-refractivity contribution in [1.82, 2.24) is 4.98 Å². The summed E-state index contributed by atoms with van der Waals surface area (Å²) in [6, 6.07) is 17.0. The van der Waals surface area contributed by atoms with Crippen molar-refractivity contribution in [1.29, 1.82) is 0 Å². The van der Waals surface area contributed by atoms with Gasteiger partial charge in [0.05, 0.1) is 11.1 Å². The van der Waals surface area contributed by atoms with Gasteiger partial charge < -0.3 is 9.64 Å². The van der Waals surface area contributed by atoms with E-state index in [0.717, 1.165) is 40.7 Å². The third kappa shape index (κ3) is 3.36. The summed E-state index contributed by atoms with van der Waals surface area (Å²) < 4.78 is 5.57. The van der Waals surface area contributed by atoms with Crippen LogP contribution in [0.15, 0.2) is 54.6 Å². The van der Waals surface area contributed by atoms with Crippen LogP contribution in [-0.4, -0.2) is 29.5 Å². The molecular weight excluding hydrogens is 352 g/mol. The van der Waals surface area contributed by atoms with E-state index in [9.17, 15) is 9.59 Å². The highest BCUT2D eigenvalue weighted by atomic mass is 16.5. The Morgan fingerprint density at radius 1 is 1.11 bits per heavy atom. The van der Waals surface area contributed by atoms with Crippen molar-refractivity contribution in [2.24, 2.45) is 0 Å². The molecule has 1 aliphatic heterocycles. The molecule has 1 amide bonds. The second-order valence-electron chi connectivity index (χ2n) is 7.10. The standard InChI is InChI=1S/C23H22N2O3/c1-15-14-19(18-10-4-5-11-20(18)24-15)23(27)28-16(2)22(26)25-13-7-9-17-8-3-6-12-21(17)25/h3-6,8,10-12,14,16H,7,9,13H2,1-2H3. The summed E-state index contributed by atoms with van der Waals surface area (Å²) in [6.45, 7) is 4.10. The average Bonchev–Trinajstić information content (AvgIpc) is 2.72. The van der Waals surface area contributed by atoms with E-state index in [-0.39, 0.29) is 5.91 Å². The first kappa shape index (κ1) is 18.2. The Bertz CT molecular complexity index is 1060.